The van der Waals surface area contributed by atoms with E-state index in [1.54, 1.807) is 11.0 Å². The van der Waals surface area contributed by atoms with Crippen molar-refractivity contribution >= 4 is 11.9 Å². The van der Waals surface area contributed by atoms with Gasteiger partial charge in [0, 0.05) is 19.0 Å². The lowest BCUT2D eigenvalue weighted by Crippen LogP contribution is -2.43. The van der Waals surface area contributed by atoms with E-state index < -0.39 is 23.6 Å². The first-order valence-electron chi connectivity index (χ1n) is 7.96. The Bertz CT molecular complexity index is 659. The first-order valence-corrected chi connectivity index (χ1v) is 7.96. The number of carbonyl (C=O) groups is 2. The summed E-state index contributed by atoms with van der Waals surface area (Å²) < 4.78 is 38.4. The molecule has 2 aliphatic rings. The van der Waals surface area contributed by atoms with Crippen molar-refractivity contribution < 1.29 is 27.9 Å². The molecule has 3 atom stereocenters. The number of hydrogen-bond acceptors (Lipinski definition) is 2. The van der Waals surface area contributed by atoms with Crippen LogP contribution in [0.25, 0.3) is 0 Å². The molecule has 1 heterocycles. The minimum atomic E-state index is -4.40. The molecule has 2 fully saturated rings. The van der Waals surface area contributed by atoms with Crippen LogP contribution in [0.3, 0.4) is 0 Å². The second kappa shape index (κ2) is 6.11. The molecule has 1 N–H and O–H groups in total. The van der Waals surface area contributed by atoms with Gasteiger partial charge in [-0.3, -0.25) is 9.59 Å². The van der Waals surface area contributed by atoms with Crippen LogP contribution >= 0.6 is 0 Å². The van der Waals surface area contributed by atoms with E-state index in [4.69, 9.17) is 5.11 Å². The van der Waals surface area contributed by atoms with Crippen LogP contribution in [0.5, 0.6) is 0 Å². The Morgan fingerprint density at radius 1 is 1.25 bits per heavy atom. The summed E-state index contributed by atoms with van der Waals surface area (Å²) in [6.45, 7) is 0.717. The maximum atomic E-state index is 12.8. The number of hydrogen-bond donors (Lipinski definition) is 1. The number of piperidine rings is 1. The zero-order valence-electron chi connectivity index (χ0n) is 12.9. The normalized spacial score (nSPS) is 27.0. The van der Waals surface area contributed by atoms with E-state index in [0.717, 1.165) is 12.1 Å². The molecule has 1 aliphatic heterocycles. The molecular weight excluding hydrogens is 323 g/mol. The first-order chi connectivity index (χ1) is 11.3. The monoisotopic (exact) mass is 341 g/mol. The van der Waals surface area contributed by atoms with Crippen molar-refractivity contribution in [3.8, 4) is 0 Å². The highest BCUT2D eigenvalue weighted by Gasteiger charge is 2.47. The largest absolute Gasteiger partial charge is 0.481 e. The van der Waals surface area contributed by atoms with E-state index in [0.29, 0.717) is 31.4 Å². The number of carboxylic acids is 1. The van der Waals surface area contributed by atoms with E-state index in [1.807, 2.05) is 0 Å². The summed E-state index contributed by atoms with van der Waals surface area (Å²) in [5.41, 5.74) is -0.183. The zero-order chi connectivity index (χ0) is 17.5. The molecule has 4 nitrogen and oxygen atoms in total. The Labute approximate surface area is 137 Å². The molecule has 1 amide bonds. The van der Waals surface area contributed by atoms with Crippen LogP contribution in [0.15, 0.2) is 24.3 Å². The smallest absolute Gasteiger partial charge is 0.416 e. The SMILES string of the molecule is O=C(O)[C@@H]1CCCN(C(=O)[C@H]2C[C@H]2c2cccc(C(F)(F)F)c2)C1. The maximum Gasteiger partial charge on any atom is 0.416 e. The highest BCUT2D eigenvalue weighted by Crippen LogP contribution is 2.49. The van der Waals surface area contributed by atoms with Gasteiger partial charge < -0.3 is 10.0 Å². The first kappa shape index (κ1) is 16.8. The van der Waals surface area contributed by atoms with Crippen LogP contribution in [0.2, 0.25) is 0 Å². The summed E-state index contributed by atoms with van der Waals surface area (Å²) in [4.78, 5) is 25.1. The molecule has 130 valence electrons. The van der Waals surface area contributed by atoms with Crippen LogP contribution in [-0.4, -0.2) is 35.0 Å². The molecule has 0 unspecified atom stereocenters. The quantitative estimate of drug-likeness (QED) is 0.919. The second-order valence-electron chi connectivity index (χ2n) is 6.53. The summed E-state index contributed by atoms with van der Waals surface area (Å²) >= 11 is 0. The van der Waals surface area contributed by atoms with Gasteiger partial charge in [-0.2, -0.15) is 13.2 Å². The number of amides is 1. The minimum Gasteiger partial charge on any atom is -0.481 e. The van der Waals surface area contributed by atoms with Crippen LogP contribution in [-0.2, 0) is 15.8 Å². The van der Waals surface area contributed by atoms with Crippen LogP contribution in [0.4, 0.5) is 13.2 Å². The van der Waals surface area contributed by atoms with Gasteiger partial charge in [-0.25, -0.2) is 0 Å². The highest BCUT2D eigenvalue weighted by atomic mass is 19.4. The number of carbonyl (C=O) groups excluding carboxylic acids is 1. The Balaban J connectivity index is 1.67. The number of benzene rings is 1. The third-order valence-corrected chi connectivity index (χ3v) is 4.83. The van der Waals surface area contributed by atoms with Gasteiger partial charge in [-0.15, -0.1) is 0 Å². The number of rotatable bonds is 3. The zero-order valence-corrected chi connectivity index (χ0v) is 12.9. The predicted octanol–water partition coefficient (Wildman–Crippen LogP) is 3.13. The second-order valence-corrected chi connectivity index (χ2v) is 6.53. The van der Waals surface area contributed by atoms with Crippen molar-refractivity contribution in [1.82, 2.24) is 4.90 Å². The van der Waals surface area contributed by atoms with Gasteiger partial charge in [-0.05, 0) is 36.8 Å². The molecule has 1 aromatic rings. The van der Waals surface area contributed by atoms with Crippen LogP contribution < -0.4 is 0 Å². The van der Waals surface area contributed by atoms with Crippen LogP contribution in [0.1, 0.15) is 36.3 Å². The van der Waals surface area contributed by atoms with Gasteiger partial charge in [0.25, 0.3) is 0 Å². The number of carboxylic acid groups (broad SMARTS) is 1. The molecule has 1 saturated carbocycles. The summed E-state index contributed by atoms with van der Waals surface area (Å²) in [7, 11) is 0. The molecule has 7 heteroatoms. The number of alkyl halides is 3. The standard InChI is InChI=1S/C17H18F3NO3/c18-17(19,20)12-5-1-3-10(7-12)13-8-14(13)15(22)21-6-2-4-11(9-21)16(23)24/h1,3,5,7,11,13-14H,2,4,6,8-9H2,(H,23,24)/t11-,13+,14+/m1/s1. The van der Waals surface area contributed by atoms with E-state index in [2.05, 4.69) is 0 Å². The molecule has 0 radical (unpaired) electrons. The molecule has 0 spiro atoms. The van der Waals surface area contributed by atoms with Gasteiger partial charge >= 0.3 is 12.1 Å². The van der Waals surface area contributed by atoms with Crippen molar-refractivity contribution in [2.75, 3.05) is 13.1 Å². The van der Waals surface area contributed by atoms with Crippen molar-refractivity contribution in [3.63, 3.8) is 0 Å². The molecule has 3 rings (SSSR count). The Morgan fingerprint density at radius 2 is 2.00 bits per heavy atom. The third kappa shape index (κ3) is 3.39. The summed E-state index contributed by atoms with van der Waals surface area (Å²) in [5.74, 6) is -2.12. The lowest BCUT2D eigenvalue weighted by Gasteiger charge is -2.31. The average Bonchev–Trinajstić information content (AvgIpc) is 3.34. The van der Waals surface area contributed by atoms with E-state index in [-0.39, 0.29) is 24.3 Å². The summed E-state index contributed by atoms with van der Waals surface area (Å²) in [5, 5.41) is 9.08. The number of halogens is 3. The number of nitrogens with zero attached hydrogens (tertiary/aromatic N) is 1. The minimum absolute atomic E-state index is 0.136. The van der Waals surface area contributed by atoms with Gasteiger partial charge in [0.2, 0.25) is 5.91 Å². The molecule has 1 saturated heterocycles. The van der Waals surface area contributed by atoms with Crippen LogP contribution in [0, 0.1) is 11.8 Å². The average molecular weight is 341 g/mol. The van der Waals surface area contributed by atoms with Gasteiger partial charge in [0.15, 0.2) is 0 Å². The van der Waals surface area contributed by atoms with E-state index in [9.17, 15) is 22.8 Å². The molecular formula is C17H18F3NO3. The van der Waals surface area contributed by atoms with E-state index in [1.165, 1.54) is 6.07 Å². The molecule has 1 aliphatic carbocycles. The Kier molecular flexibility index (Phi) is 4.27. The summed E-state index contributed by atoms with van der Waals surface area (Å²) in [6, 6.07) is 5.10. The Hall–Kier alpha value is -2.05. The Morgan fingerprint density at radius 3 is 2.67 bits per heavy atom. The van der Waals surface area contributed by atoms with Gasteiger partial charge in [0.1, 0.15) is 0 Å². The van der Waals surface area contributed by atoms with Crippen molar-refractivity contribution in [1.29, 1.82) is 0 Å². The van der Waals surface area contributed by atoms with E-state index >= 15 is 0 Å². The maximum absolute atomic E-state index is 12.8. The molecule has 0 bridgehead atoms. The highest BCUT2D eigenvalue weighted by molar-refractivity contribution is 5.84. The fraction of sp³-hybridized carbons (Fsp3) is 0.529. The topological polar surface area (TPSA) is 57.6 Å². The molecule has 1 aromatic carbocycles. The third-order valence-electron chi connectivity index (χ3n) is 4.83. The predicted molar refractivity (Wildman–Crippen MR) is 79.2 cm³/mol. The van der Waals surface area contributed by atoms with Crippen molar-refractivity contribution in [3.05, 3.63) is 35.4 Å². The lowest BCUT2D eigenvalue weighted by atomic mass is 9.97. The van der Waals surface area contributed by atoms with Gasteiger partial charge in [0.05, 0.1) is 11.5 Å². The number of aliphatic carboxylic acids is 1. The molecule has 24 heavy (non-hydrogen) atoms. The summed E-state index contributed by atoms with van der Waals surface area (Å²) in [6.07, 6.45) is -2.68. The lowest BCUT2D eigenvalue weighted by molar-refractivity contribution is -0.146. The van der Waals surface area contributed by atoms with Gasteiger partial charge in [-0.1, -0.05) is 18.2 Å². The molecule has 0 aromatic heterocycles. The fourth-order valence-corrected chi connectivity index (χ4v) is 3.40. The number of likely N-dealkylation sites (tertiary alicyclic amines) is 1. The van der Waals surface area contributed by atoms with Crippen molar-refractivity contribution in [2.45, 2.75) is 31.4 Å². The fourth-order valence-electron chi connectivity index (χ4n) is 3.40. The van der Waals surface area contributed by atoms with Crippen molar-refractivity contribution in [2.24, 2.45) is 11.8 Å².